The molecule has 0 saturated carbocycles. The first-order chi connectivity index (χ1) is 13.8. The van der Waals surface area contributed by atoms with Gasteiger partial charge in [-0.3, -0.25) is 0 Å². The SMILES string of the molecule is Fc1cccc(/C=N/Nc2nc(-c3ccccc3)cc(-c3ccccc3)n2)c1. The lowest BCUT2D eigenvalue weighted by Crippen LogP contribution is -2.00. The number of halogens is 1. The van der Waals surface area contributed by atoms with Crippen LogP contribution in [0.3, 0.4) is 0 Å². The van der Waals surface area contributed by atoms with Crippen LogP contribution in [0.2, 0.25) is 0 Å². The van der Waals surface area contributed by atoms with Gasteiger partial charge < -0.3 is 0 Å². The highest BCUT2D eigenvalue weighted by Gasteiger charge is 2.08. The molecule has 0 amide bonds. The monoisotopic (exact) mass is 368 g/mol. The second kappa shape index (κ2) is 8.22. The number of nitrogens with one attached hydrogen (secondary N) is 1. The number of anilines is 1. The predicted molar refractivity (Wildman–Crippen MR) is 111 cm³/mol. The van der Waals surface area contributed by atoms with Crippen LogP contribution in [0.25, 0.3) is 22.5 Å². The standard InChI is InChI=1S/C23H17FN4/c24-20-13-7-8-17(14-20)16-25-28-23-26-21(18-9-3-1-4-10-18)15-22(27-23)19-11-5-2-6-12-19/h1-16H,(H,26,27,28)/b25-16+. The summed E-state index contributed by atoms with van der Waals surface area (Å²) in [4.78, 5) is 9.14. The van der Waals surface area contributed by atoms with E-state index in [9.17, 15) is 4.39 Å². The van der Waals surface area contributed by atoms with Gasteiger partial charge in [-0.1, -0.05) is 72.8 Å². The van der Waals surface area contributed by atoms with Gasteiger partial charge in [0.15, 0.2) is 0 Å². The van der Waals surface area contributed by atoms with E-state index >= 15 is 0 Å². The maximum atomic E-state index is 13.3. The Morgan fingerprint density at radius 3 is 1.89 bits per heavy atom. The van der Waals surface area contributed by atoms with E-state index in [1.807, 2.05) is 66.7 Å². The number of hydrazone groups is 1. The van der Waals surface area contributed by atoms with E-state index < -0.39 is 0 Å². The number of benzene rings is 3. The minimum absolute atomic E-state index is 0.308. The Morgan fingerprint density at radius 2 is 1.32 bits per heavy atom. The average Bonchev–Trinajstić information content (AvgIpc) is 2.75. The van der Waals surface area contributed by atoms with Crippen molar-refractivity contribution < 1.29 is 4.39 Å². The van der Waals surface area contributed by atoms with Gasteiger partial charge >= 0.3 is 0 Å². The maximum absolute atomic E-state index is 13.3. The molecule has 0 unspecified atom stereocenters. The van der Waals surface area contributed by atoms with E-state index in [2.05, 4.69) is 20.5 Å². The summed E-state index contributed by atoms with van der Waals surface area (Å²) in [6.45, 7) is 0. The van der Waals surface area contributed by atoms with Crippen LogP contribution in [0.4, 0.5) is 10.3 Å². The first-order valence-corrected chi connectivity index (χ1v) is 8.82. The summed E-state index contributed by atoms with van der Waals surface area (Å²) in [6.07, 6.45) is 1.53. The molecule has 0 bridgehead atoms. The molecule has 0 atom stereocenters. The van der Waals surface area contributed by atoms with Crippen LogP contribution in [0.1, 0.15) is 5.56 Å². The van der Waals surface area contributed by atoms with E-state index in [-0.39, 0.29) is 5.82 Å². The van der Waals surface area contributed by atoms with Crippen molar-refractivity contribution in [3.05, 3.63) is 102 Å². The summed E-state index contributed by atoms with van der Waals surface area (Å²) in [5, 5.41) is 4.16. The molecule has 0 fully saturated rings. The van der Waals surface area contributed by atoms with Crippen molar-refractivity contribution in [1.29, 1.82) is 0 Å². The largest absolute Gasteiger partial charge is 0.245 e. The summed E-state index contributed by atoms with van der Waals surface area (Å²) < 4.78 is 13.3. The Kier molecular flexibility index (Phi) is 5.15. The molecular weight excluding hydrogens is 351 g/mol. The molecule has 4 nitrogen and oxygen atoms in total. The van der Waals surface area contributed by atoms with Crippen molar-refractivity contribution in [3.63, 3.8) is 0 Å². The third-order valence-electron chi connectivity index (χ3n) is 4.09. The molecule has 1 N–H and O–H groups in total. The maximum Gasteiger partial charge on any atom is 0.244 e. The molecule has 28 heavy (non-hydrogen) atoms. The van der Waals surface area contributed by atoms with Crippen molar-refractivity contribution in [2.24, 2.45) is 5.10 Å². The second-order valence-electron chi connectivity index (χ2n) is 6.12. The third kappa shape index (κ3) is 4.27. The Morgan fingerprint density at radius 1 is 0.714 bits per heavy atom. The normalized spacial score (nSPS) is 10.9. The third-order valence-corrected chi connectivity index (χ3v) is 4.09. The molecule has 5 heteroatoms. The number of rotatable bonds is 5. The van der Waals surface area contributed by atoms with E-state index in [1.165, 1.54) is 18.3 Å². The molecule has 0 aliphatic carbocycles. The average molecular weight is 368 g/mol. The van der Waals surface area contributed by atoms with E-state index in [1.54, 1.807) is 12.1 Å². The summed E-state index contributed by atoms with van der Waals surface area (Å²) in [7, 11) is 0. The molecule has 4 aromatic rings. The van der Waals surface area contributed by atoms with Crippen LogP contribution >= 0.6 is 0 Å². The fraction of sp³-hybridized carbons (Fsp3) is 0. The Balaban J connectivity index is 1.68. The molecule has 4 rings (SSSR count). The van der Waals surface area contributed by atoms with Crippen molar-refractivity contribution in [1.82, 2.24) is 9.97 Å². The van der Waals surface area contributed by atoms with Crippen molar-refractivity contribution in [3.8, 4) is 22.5 Å². The minimum atomic E-state index is -0.308. The molecule has 0 saturated heterocycles. The van der Waals surface area contributed by atoms with Crippen molar-refractivity contribution in [2.45, 2.75) is 0 Å². The van der Waals surface area contributed by atoms with Crippen LogP contribution in [0.5, 0.6) is 0 Å². The molecule has 136 valence electrons. The summed E-state index contributed by atoms with van der Waals surface area (Å²) in [5.74, 6) is 0.0606. The van der Waals surface area contributed by atoms with Gasteiger partial charge in [-0.25, -0.2) is 19.8 Å². The Bertz CT molecular complexity index is 1040. The lowest BCUT2D eigenvalue weighted by molar-refractivity contribution is 0.627. The number of hydrogen-bond donors (Lipinski definition) is 1. The van der Waals surface area contributed by atoms with E-state index in [4.69, 9.17) is 0 Å². The fourth-order valence-electron chi connectivity index (χ4n) is 2.76. The number of aromatic nitrogens is 2. The molecule has 3 aromatic carbocycles. The molecule has 0 aliphatic heterocycles. The summed E-state index contributed by atoms with van der Waals surface area (Å²) in [6, 6.07) is 27.9. The molecule has 0 aliphatic rings. The van der Waals surface area contributed by atoms with E-state index in [0.29, 0.717) is 11.5 Å². The molecular formula is C23H17FN4. The first kappa shape index (κ1) is 17.5. The van der Waals surface area contributed by atoms with Crippen molar-refractivity contribution >= 4 is 12.2 Å². The highest BCUT2D eigenvalue weighted by atomic mass is 19.1. The van der Waals surface area contributed by atoms with Gasteiger partial charge in [0, 0.05) is 11.1 Å². The summed E-state index contributed by atoms with van der Waals surface area (Å²) in [5.41, 5.74) is 7.06. The van der Waals surface area contributed by atoms with Crippen molar-refractivity contribution in [2.75, 3.05) is 5.43 Å². The zero-order chi connectivity index (χ0) is 19.2. The lowest BCUT2D eigenvalue weighted by atomic mass is 10.1. The quantitative estimate of drug-likeness (QED) is 0.379. The Labute approximate surface area is 162 Å². The van der Waals surface area contributed by atoms with Crippen LogP contribution < -0.4 is 5.43 Å². The molecule has 0 radical (unpaired) electrons. The highest BCUT2D eigenvalue weighted by Crippen LogP contribution is 2.25. The highest BCUT2D eigenvalue weighted by molar-refractivity contribution is 5.80. The van der Waals surface area contributed by atoms with Gasteiger partial charge in [0.25, 0.3) is 0 Å². The van der Waals surface area contributed by atoms with Crippen LogP contribution in [0.15, 0.2) is 96.1 Å². The zero-order valence-corrected chi connectivity index (χ0v) is 15.0. The van der Waals surface area contributed by atoms with Gasteiger partial charge in [-0.15, -0.1) is 0 Å². The predicted octanol–water partition coefficient (Wildman–Crippen LogP) is 5.40. The molecule has 1 heterocycles. The minimum Gasteiger partial charge on any atom is -0.245 e. The Hall–Kier alpha value is -3.86. The second-order valence-corrected chi connectivity index (χ2v) is 6.12. The number of nitrogens with zero attached hydrogens (tertiary/aromatic N) is 3. The smallest absolute Gasteiger partial charge is 0.244 e. The topological polar surface area (TPSA) is 50.2 Å². The first-order valence-electron chi connectivity index (χ1n) is 8.82. The summed E-state index contributed by atoms with van der Waals surface area (Å²) >= 11 is 0. The van der Waals surface area contributed by atoms with Crippen LogP contribution in [-0.4, -0.2) is 16.2 Å². The van der Waals surface area contributed by atoms with Gasteiger partial charge in [-0.2, -0.15) is 5.10 Å². The molecule has 1 aromatic heterocycles. The van der Waals surface area contributed by atoms with E-state index in [0.717, 1.165) is 22.5 Å². The molecule has 0 spiro atoms. The van der Waals surface area contributed by atoms with Gasteiger partial charge in [0.1, 0.15) is 5.82 Å². The zero-order valence-electron chi connectivity index (χ0n) is 15.0. The fourth-order valence-corrected chi connectivity index (χ4v) is 2.76. The lowest BCUT2D eigenvalue weighted by Gasteiger charge is -2.08. The van der Waals surface area contributed by atoms with Crippen LogP contribution in [-0.2, 0) is 0 Å². The van der Waals surface area contributed by atoms with Gasteiger partial charge in [0.05, 0.1) is 17.6 Å². The van der Waals surface area contributed by atoms with Gasteiger partial charge in [-0.05, 0) is 23.8 Å². The van der Waals surface area contributed by atoms with Crippen LogP contribution in [0, 0.1) is 5.82 Å². The number of hydrogen-bond acceptors (Lipinski definition) is 4. The van der Waals surface area contributed by atoms with Gasteiger partial charge in [0.2, 0.25) is 5.95 Å².